The maximum Gasteiger partial charge on any atom is 0.157 e. The Morgan fingerprint density at radius 3 is 2.87 bits per heavy atom. The van der Waals surface area contributed by atoms with Gasteiger partial charge in [-0.05, 0) is 30.3 Å². The fourth-order valence-electron chi connectivity index (χ4n) is 2.70. The lowest BCUT2D eigenvalue weighted by atomic mass is 10.2. The van der Waals surface area contributed by atoms with Gasteiger partial charge in [-0.1, -0.05) is 0 Å². The Labute approximate surface area is 131 Å². The summed E-state index contributed by atoms with van der Waals surface area (Å²) < 4.78 is 26.3. The summed E-state index contributed by atoms with van der Waals surface area (Å²) in [6, 6.07) is 10.3. The second kappa shape index (κ2) is 5.01. The molecule has 0 aliphatic carbocycles. The molecule has 0 aliphatic rings. The predicted octanol–water partition coefficient (Wildman–Crippen LogP) is 3.94. The van der Waals surface area contributed by atoms with Gasteiger partial charge in [-0.25, -0.2) is 9.37 Å². The van der Waals surface area contributed by atoms with Crippen molar-refractivity contribution in [3.05, 3.63) is 48.4 Å². The minimum atomic E-state index is -0.328. The Morgan fingerprint density at radius 2 is 2.09 bits per heavy atom. The van der Waals surface area contributed by atoms with Crippen molar-refractivity contribution >= 4 is 22.4 Å². The van der Waals surface area contributed by atoms with Crippen molar-refractivity contribution in [1.29, 1.82) is 0 Å². The molecule has 0 saturated heterocycles. The van der Waals surface area contributed by atoms with Crippen LogP contribution in [0.25, 0.3) is 28.1 Å². The Bertz CT molecular complexity index is 1020. The van der Waals surface area contributed by atoms with Crippen molar-refractivity contribution in [2.45, 2.75) is 0 Å². The van der Waals surface area contributed by atoms with Crippen LogP contribution in [0.3, 0.4) is 0 Å². The van der Waals surface area contributed by atoms with Gasteiger partial charge in [0.2, 0.25) is 0 Å². The van der Waals surface area contributed by atoms with E-state index in [0.717, 1.165) is 22.5 Å². The standard InChI is InChI=1S/C17H14FN3O2/c1-19-17-16(20-15-9-11(18)5-6-21(15)17)14-8-10-7-12(22-2)3-4-13(10)23-14/h3-9,19H,1-2H3. The first-order chi connectivity index (χ1) is 11.2. The molecule has 4 rings (SSSR count). The molecule has 1 N–H and O–H groups in total. The highest BCUT2D eigenvalue weighted by molar-refractivity contribution is 5.86. The summed E-state index contributed by atoms with van der Waals surface area (Å²) in [5, 5.41) is 4.02. The maximum atomic E-state index is 13.4. The number of aromatic nitrogens is 2. The first-order valence-electron chi connectivity index (χ1n) is 7.13. The van der Waals surface area contributed by atoms with Gasteiger partial charge in [-0.15, -0.1) is 0 Å². The molecule has 0 unspecified atom stereocenters. The van der Waals surface area contributed by atoms with E-state index >= 15 is 0 Å². The number of nitrogens with one attached hydrogen (secondary N) is 1. The third-order valence-electron chi connectivity index (χ3n) is 3.78. The SMILES string of the molecule is CNc1c(-c2cc3cc(OC)ccc3o2)nc2cc(F)ccn12. The number of hydrogen-bond donors (Lipinski definition) is 1. The lowest BCUT2D eigenvalue weighted by Crippen LogP contribution is -1.95. The molecule has 23 heavy (non-hydrogen) atoms. The van der Waals surface area contributed by atoms with E-state index in [-0.39, 0.29) is 5.82 Å². The van der Waals surface area contributed by atoms with Gasteiger partial charge >= 0.3 is 0 Å². The fraction of sp³-hybridized carbons (Fsp3) is 0.118. The second-order valence-electron chi connectivity index (χ2n) is 5.15. The molecule has 0 atom stereocenters. The lowest BCUT2D eigenvalue weighted by molar-refractivity contribution is 0.415. The summed E-state index contributed by atoms with van der Waals surface area (Å²) in [5.74, 6) is 1.79. The molecule has 0 saturated carbocycles. The minimum absolute atomic E-state index is 0.328. The van der Waals surface area contributed by atoms with Crippen LogP contribution in [0.5, 0.6) is 5.75 Å². The number of pyridine rings is 1. The number of furan rings is 1. The van der Waals surface area contributed by atoms with Crippen LogP contribution in [0.15, 0.2) is 47.0 Å². The van der Waals surface area contributed by atoms with Crippen molar-refractivity contribution < 1.29 is 13.5 Å². The third-order valence-corrected chi connectivity index (χ3v) is 3.78. The number of methoxy groups -OCH3 is 1. The molecule has 1 aromatic carbocycles. The number of rotatable bonds is 3. The average molecular weight is 311 g/mol. The normalized spacial score (nSPS) is 11.3. The van der Waals surface area contributed by atoms with Gasteiger partial charge in [-0.3, -0.25) is 4.40 Å². The number of ether oxygens (including phenoxy) is 1. The van der Waals surface area contributed by atoms with Crippen molar-refractivity contribution in [2.75, 3.05) is 19.5 Å². The Balaban J connectivity index is 1.94. The van der Waals surface area contributed by atoms with Gasteiger partial charge in [0, 0.05) is 24.7 Å². The zero-order valence-corrected chi connectivity index (χ0v) is 12.6. The number of anilines is 1. The highest BCUT2D eigenvalue weighted by Crippen LogP contribution is 2.34. The predicted molar refractivity (Wildman–Crippen MR) is 86.5 cm³/mol. The molecule has 0 amide bonds. The van der Waals surface area contributed by atoms with Gasteiger partial charge < -0.3 is 14.5 Å². The lowest BCUT2D eigenvalue weighted by Gasteiger charge is -2.01. The molecule has 4 aromatic rings. The van der Waals surface area contributed by atoms with Gasteiger partial charge in [0.15, 0.2) is 5.76 Å². The summed E-state index contributed by atoms with van der Waals surface area (Å²) in [5.41, 5.74) is 1.89. The summed E-state index contributed by atoms with van der Waals surface area (Å²) in [6.45, 7) is 0. The average Bonchev–Trinajstić information content (AvgIpc) is 3.13. The van der Waals surface area contributed by atoms with E-state index < -0.39 is 0 Å². The van der Waals surface area contributed by atoms with E-state index in [1.807, 2.05) is 24.3 Å². The van der Waals surface area contributed by atoms with Crippen LogP contribution in [0.4, 0.5) is 10.2 Å². The summed E-state index contributed by atoms with van der Waals surface area (Å²) >= 11 is 0. The molecule has 0 aliphatic heterocycles. The van der Waals surface area contributed by atoms with Crippen molar-refractivity contribution in [3.63, 3.8) is 0 Å². The van der Waals surface area contributed by atoms with Crippen LogP contribution in [0.1, 0.15) is 0 Å². The number of nitrogens with zero attached hydrogens (tertiary/aromatic N) is 2. The Kier molecular flexibility index (Phi) is 2.97. The number of fused-ring (bicyclic) bond motifs is 2. The number of imidazole rings is 1. The Hall–Kier alpha value is -3.02. The maximum absolute atomic E-state index is 13.4. The van der Waals surface area contributed by atoms with E-state index in [2.05, 4.69) is 10.3 Å². The van der Waals surface area contributed by atoms with Crippen LogP contribution < -0.4 is 10.1 Å². The molecule has 116 valence electrons. The highest BCUT2D eigenvalue weighted by Gasteiger charge is 2.17. The highest BCUT2D eigenvalue weighted by atomic mass is 19.1. The number of halogens is 1. The minimum Gasteiger partial charge on any atom is -0.497 e. The summed E-state index contributed by atoms with van der Waals surface area (Å²) in [6.07, 6.45) is 1.64. The van der Waals surface area contributed by atoms with Crippen LogP contribution in [0, 0.1) is 5.82 Å². The van der Waals surface area contributed by atoms with Crippen LogP contribution >= 0.6 is 0 Å². The van der Waals surface area contributed by atoms with E-state index in [1.54, 1.807) is 24.8 Å². The van der Waals surface area contributed by atoms with Gasteiger partial charge in [0.1, 0.15) is 34.3 Å². The van der Waals surface area contributed by atoms with E-state index in [4.69, 9.17) is 9.15 Å². The molecule has 5 nitrogen and oxygen atoms in total. The molecular formula is C17H14FN3O2. The third kappa shape index (κ3) is 2.11. The quantitative estimate of drug-likeness (QED) is 0.623. The monoisotopic (exact) mass is 311 g/mol. The molecule has 3 aromatic heterocycles. The summed E-state index contributed by atoms with van der Waals surface area (Å²) in [4.78, 5) is 4.49. The molecule has 6 heteroatoms. The fourth-order valence-corrected chi connectivity index (χ4v) is 2.70. The number of benzene rings is 1. The molecular weight excluding hydrogens is 297 g/mol. The van der Waals surface area contributed by atoms with Crippen molar-refractivity contribution in [2.24, 2.45) is 0 Å². The van der Waals surface area contributed by atoms with Crippen LogP contribution in [0.2, 0.25) is 0 Å². The van der Waals surface area contributed by atoms with E-state index in [9.17, 15) is 4.39 Å². The van der Waals surface area contributed by atoms with Gasteiger partial charge in [0.05, 0.1) is 7.11 Å². The smallest absolute Gasteiger partial charge is 0.157 e. The molecule has 3 heterocycles. The largest absolute Gasteiger partial charge is 0.497 e. The van der Waals surface area contributed by atoms with Gasteiger partial charge in [0.25, 0.3) is 0 Å². The number of hydrogen-bond acceptors (Lipinski definition) is 4. The molecule has 0 fully saturated rings. The van der Waals surface area contributed by atoms with Crippen LogP contribution in [-0.4, -0.2) is 23.5 Å². The first kappa shape index (κ1) is 13.6. The van der Waals surface area contributed by atoms with E-state index in [0.29, 0.717) is 17.1 Å². The van der Waals surface area contributed by atoms with Crippen molar-refractivity contribution in [1.82, 2.24) is 9.38 Å². The first-order valence-corrected chi connectivity index (χ1v) is 7.13. The molecule has 0 radical (unpaired) electrons. The zero-order valence-electron chi connectivity index (χ0n) is 12.6. The van der Waals surface area contributed by atoms with Gasteiger partial charge in [-0.2, -0.15) is 0 Å². The van der Waals surface area contributed by atoms with E-state index in [1.165, 1.54) is 12.1 Å². The zero-order chi connectivity index (χ0) is 16.0. The Morgan fingerprint density at radius 1 is 1.22 bits per heavy atom. The topological polar surface area (TPSA) is 51.7 Å². The molecule has 0 spiro atoms. The summed E-state index contributed by atoms with van der Waals surface area (Å²) in [7, 11) is 3.42. The van der Waals surface area contributed by atoms with Crippen molar-refractivity contribution in [3.8, 4) is 17.2 Å². The molecule has 0 bridgehead atoms. The second-order valence-corrected chi connectivity index (χ2v) is 5.15. The van der Waals surface area contributed by atoms with Crippen LogP contribution in [-0.2, 0) is 0 Å².